The maximum Gasteiger partial charge on any atom is 0.228 e. The molecule has 0 bridgehead atoms. The number of nitrogens with zero attached hydrogens (tertiary/aromatic N) is 2. The lowest BCUT2D eigenvalue weighted by atomic mass is 10.2. The van der Waals surface area contributed by atoms with Crippen LogP contribution in [0.15, 0.2) is 53.7 Å². The van der Waals surface area contributed by atoms with Crippen LogP contribution in [0.2, 0.25) is 5.02 Å². The molecule has 0 radical (unpaired) electrons. The summed E-state index contributed by atoms with van der Waals surface area (Å²) >= 11 is 5.88. The Labute approximate surface area is 127 Å². The number of hydrogen-bond acceptors (Lipinski definition) is 3. The van der Waals surface area contributed by atoms with Gasteiger partial charge in [0.15, 0.2) is 0 Å². The molecule has 0 saturated heterocycles. The fraction of sp³-hybridized carbons (Fsp3) is 0.133. The Bertz CT molecular complexity index is 899. The number of benzene rings is 2. The number of rotatable bonds is 3. The summed E-state index contributed by atoms with van der Waals surface area (Å²) in [6, 6.07) is 14.7. The van der Waals surface area contributed by atoms with Gasteiger partial charge in [-0.3, -0.25) is 0 Å². The number of para-hydroxylation sites is 2. The molecule has 3 aromatic rings. The van der Waals surface area contributed by atoms with Crippen molar-refractivity contribution >= 4 is 32.5 Å². The van der Waals surface area contributed by atoms with E-state index in [4.69, 9.17) is 11.6 Å². The molecule has 1 heterocycles. The first-order valence-corrected chi connectivity index (χ1v) is 8.62. The Morgan fingerprint density at radius 2 is 1.76 bits per heavy atom. The first kappa shape index (κ1) is 14.1. The zero-order valence-electron chi connectivity index (χ0n) is 11.3. The van der Waals surface area contributed by atoms with E-state index in [-0.39, 0.29) is 5.16 Å². The minimum Gasteiger partial charge on any atom is -0.310 e. The van der Waals surface area contributed by atoms with Gasteiger partial charge in [0.25, 0.3) is 0 Å². The van der Waals surface area contributed by atoms with E-state index in [1.807, 2.05) is 36.4 Å². The highest BCUT2D eigenvalue weighted by Gasteiger charge is 2.19. The van der Waals surface area contributed by atoms with E-state index < -0.39 is 9.84 Å². The minimum atomic E-state index is -3.40. The van der Waals surface area contributed by atoms with Crippen LogP contribution in [0.4, 0.5) is 0 Å². The molecule has 3 rings (SSSR count). The number of sulfone groups is 1. The molecule has 21 heavy (non-hydrogen) atoms. The van der Waals surface area contributed by atoms with Crippen molar-refractivity contribution in [3.8, 4) is 0 Å². The number of aromatic nitrogens is 2. The van der Waals surface area contributed by atoms with Crippen LogP contribution in [0.3, 0.4) is 0 Å². The van der Waals surface area contributed by atoms with Gasteiger partial charge in [0.1, 0.15) is 0 Å². The summed E-state index contributed by atoms with van der Waals surface area (Å²) in [6.07, 6.45) is 1.17. The van der Waals surface area contributed by atoms with Crippen LogP contribution < -0.4 is 0 Å². The highest BCUT2D eigenvalue weighted by Crippen LogP contribution is 2.21. The minimum absolute atomic E-state index is 0.0821. The van der Waals surface area contributed by atoms with Gasteiger partial charge in [-0.15, -0.1) is 0 Å². The fourth-order valence-corrected chi connectivity index (χ4v) is 3.22. The lowest BCUT2D eigenvalue weighted by molar-refractivity contribution is 0.581. The molecular weight excluding hydrogens is 308 g/mol. The third-order valence-electron chi connectivity index (χ3n) is 3.21. The molecule has 0 fully saturated rings. The summed E-state index contributed by atoms with van der Waals surface area (Å²) in [5.74, 6) is 0. The van der Waals surface area contributed by atoms with E-state index in [9.17, 15) is 8.42 Å². The molecule has 0 N–H and O–H groups in total. The molecule has 0 saturated carbocycles. The van der Waals surface area contributed by atoms with Crippen molar-refractivity contribution in [1.82, 2.24) is 9.55 Å². The number of halogens is 1. The number of hydrogen-bond donors (Lipinski definition) is 0. The molecule has 0 aliphatic rings. The molecule has 6 heteroatoms. The molecule has 0 spiro atoms. The number of imidazole rings is 1. The zero-order valence-corrected chi connectivity index (χ0v) is 12.9. The molecular formula is C15H13ClN2O2S. The molecule has 0 unspecified atom stereocenters. The van der Waals surface area contributed by atoms with Gasteiger partial charge in [-0.1, -0.05) is 35.9 Å². The third-order valence-corrected chi connectivity index (χ3v) is 4.43. The summed E-state index contributed by atoms with van der Waals surface area (Å²) < 4.78 is 25.6. The van der Waals surface area contributed by atoms with Gasteiger partial charge in [0.2, 0.25) is 15.0 Å². The second kappa shape index (κ2) is 5.16. The van der Waals surface area contributed by atoms with Gasteiger partial charge < -0.3 is 4.57 Å². The highest BCUT2D eigenvalue weighted by molar-refractivity contribution is 7.90. The van der Waals surface area contributed by atoms with Gasteiger partial charge in [-0.25, -0.2) is 13.4 Å². The molecule has 0 aliphatic heterocycles. The summed E-state index contributed by atoms with van der Waals surface area (Å²) in [7, 11) is -3.40. The van der Waals surface area contributed by atoms with Crippen LogP contribution in [-0.2, 0) is 16.4 Å². The number of fused-ring (bicyclic) bond motifs is 1. The summed E-state index contributed by atoms with van der Waals surface area (Å²) in [5, 5.41) is 0.733. The molecule has 0 amide bonds. The summed E-state index contributed by atoms with van der Waals surface area (Å²) in [4.78, 5) is 4.25. The van der Waals surface area contributed by atoms with Crippen molar-refractivity contribution in [2.45, 2.75) is 11.7 Å². The average Bonchev–Trinajstić information content (AvgIpc) is 2.81. The summed E-state index contributed by atoms with van der Waals surface area (Å²) in [5.41, 5.74) is 2.44. The Balaban J connectivity index is 2.17. The van der Waals surface area contributed by atoms with Crippen molar-refractivity contribution in [2.75, 3.05) is 6.26 Å². The smallest absolute Gasteiger partial charge is 0.228 e. The Morgan fingerprint density at radius 3 is 2.43 bits per heavy atom. The van der Waals surface area contributed by atoms with Crippen LogP contribution in [0.1, 0.15) is 5.56 Å². The molecule has 4 nitrogen and oxygen atoms in total. The highest BCUT2D eigenvalue weighted by atomic mass is 35.5. The lowest BCUT2D eigenvalue weighted by Crippen LogP contribution is -2.10. The van der Waals surface area contributed by atoms with E-state index in [1.165, 1.54) is 6.26 Å². The van der Waals surface area contributed by atoms with Crippen molar-refractivity contribution in [2.24, 2.45) is 0 Å². The van der Waals surface area contributed by atoms with Crippen molar-refractivity contribution in [3.05, 3.63) is 59.1 Å². The van der Waals surface area contributed by atoms with E-state index in [1.54, 1.807) is 16.7 Å². The second-order valence-electron chi connectivity index (χ2n) is 4.87. The van der Waals surface area contributed by atoms with Gasteiger partial charge in [0.05, 0.1) is 17.6 Å². The maximum atomic E-state index is 12.0. The predicted octanol–water partition coefficient (Wildman–Crippen LogP) is 3.14. The van der Waals surface area contributed by atoms with Crippen molar-refractivity contribution < 1.29 is 8.42 Å². The SMILES string of the molecule is CS(=O)(=O)c1nc2ccccc2n1Cc1ccc(Cl)cc1. The second-order valence-corrected chi connectivity index (χ2v) is 7.21. The van der Waals surface area contributed by atoms with Crippen LogP contribution in [-0.4, -0.2) is 24.2 Å². The normalized spacial score (nSPS) is 11.9. The van der Waals surface area contributed by atoms with E-state index in [0.717, 1.165) is 11.1 Å². The van der Waals surface area contributed by atoms with Crippen molar-refractivity contribution in [3.63, 3.8) is 0 Å². The predicted molar refractivity (Wildman–Crippen MR) is 83.4 cm³/mol. The molecule has 1 aromatic heterocycles. The van der Waals surface area contributed by atoms with Gasteiger partial charge in [0, 0.05) is 11.3 Å². The topological polar surface area (TPSA) is 52.0 Å². The molecule has 108 valence electrons. The van der Waals surface area contributed by atoms with E-state index >= 15 is 0 Å². The van der Waals surface area contributed by atoms with Crippen LogP contribution in [0, 0.1) is 0 Å². The zero-order chi connectivity index (χ0) is 15.0. The first-order valence-electron chi connectivity index (χ1n) is 6.35. The molecule has 0 aliphatic carbocycles. The lowest BCUT2D eigenvalue weighted by Gasteiger charge is -2.08. The molecule has 0 atom stereocenters. The van der Waals surface area contributed by atoms with E-state index in [0.29, 0.717) is 17.1 Å². The fourth-order valence-electron chi connectivity index (χ4n) is 2.26. The Hall–Kier alpha value is -1.85. The van der Waals surface area contributed by atoms with Crippen molar-refractivity contribution in [1.29, 1.82) is 0 Å². The first-order chi connectivity index (χ1) is 9.95. The largest absolute Gasteiger partial charge is 0.310 e. The van der Waals surface area contributed by atoms with Crippen LogP contribution >= 0.6 is 11.6 Å². The van der Waals surface area contributed by atoms with Crippen LogP contribution in [0.5, 0.6) is 0 Å². The van der Waals surface area contributed by atoms with Gasteiger partial charge in [-0.05, 0) is 29.8 Å². The average molecular weight is 321 g/mol. The van der Waals surface area contributed by atoms with Crippen LogP contribution in [0.25, 0.3) is 11.0 Å². The molecule has 2 aromatic carbocycles. The summed E-state index contributed by atoms with van der Waals surface area (Å²) in [6.45, 7) is 0.431. The standard InChI is InChI=1S/C15H13ClN2O2S/c1-21(19,20)15-17-13-4-2-3-5-14(13)18(15)10-11-6-8-12(16)9-7-11/h2-9H,10H2,1H3. The van der Waals surface area contributed by atoms with E-state index in [2.05, 4.69) is 4.98 Å². The maximum absolute atomic E-state index is 12.0. The Morgan fingerprint density at radius 1 is 1.10 bits per heavy atom. The van der Waals surface area contributed by atoms with Gasteiger partial charge >= 0.3 is 0 Å². The van der Waals surface area contributed by atoms with Gasteiger partial charge in [-0.2, -0.15) is 0 Å². The quantitative estimate of drug-likeness (QED) is 0.745. The monoisotopic (exact) mass is 320 g/mol. The Kier molecular flexibility index (Phi) is 3.47. The third kappa shape index (κ3) is 2.80.